The topological polar surface area (TPSA) is 20.3 Å². The van der Waals surface area contributed by atoms with Crippen molar-refractivity contribution >= 4 is 6.41 Å². The van der Waals surface area contributed by atoms with Gasteiger partial charge in [-0.3, -0.25) is 0 Å². The Bertz CT molecular complexity index is 38.7. The second-order valence-corrected chi connectivity index (χ2v) is 0.986. The van der Waals surface area contributed by atoms with Crippen molar-refractivity contribution < 1.29 is 25.9 Å². The first kappa shape index (κ1) is 15.7. The van der Waals surface area contributed by atoms with Crippen LogP contribution in [-0.2, 0) is 25.9 Å². The molecule has 0 aromatic rings. The molecule has 0 aliphatic rings. The third-order valence-electron chi connectivity index (χ3n) is 0.183. The van der Waals surface area contributed by atoms with Gasteiger partial charge in [0, 0.05) is 0 Å². The van der Waals surface area contributed by atoms with E-state index < -0.39 is 0 Å². The number of carbonyl (C=O) groups excluding carboxylic acids is 1. The SMILES string of the molecule is CN(C)[C-]=O.[CH3-].[W+2]. The zero-order valence-electron chi connectivity index (χ0n) is 4.76. The van der Waals surface area contributed by atoms with Crippen LogP contribution < -0.4 is 0 Å². The van der Waals surface area contributed by atoms with Gasteiger partial charge in [-0.1, -0.05) is 0 Å². The predicted molar refractivity (Wildman–Crippen MR) is 25.8 cm³/mol. The molecular weight excluding hydrogens is 262 g/mol. The van der Waals surface area contributed by atoms with Crippen LogP contribution in [0.25, 0.3) is 0 Å². The number of hydrogen-bond acceptors (Lipinski definition) is 1. The van der Waals surface area contributed by atoms with Gasteiger partial charge in [0.1, 0.15) is 0 Å². The Labute approximate surface area is 59.1 Å². The van der Waals surface area contributed by atoms with Crippen molar-refractivity contribution in [3.8, 4) is 0 Å². The summed E-state index contributed by atoms with van der Waals surface area (Å²) in [5, 5.41) is 0. The van der Waals surface area contributed by atoms with Gasteiger partial charge in [-0.2, -0.15) is 6.41 Å². The van der Waals surface area contributed by atoms with Crippen LogP contribution in [0.1, 0.15) is 0 Å². The van der Waals surface area contributed by atoms with Crippen molar-refractivity contribution in [2.45, 2.75) is 0 Å². The normalized spacial score (nSPS) is 4.86. The van der Waals surface area contributed by atoms with E-state index in [1.807, 2.05) is 0 Å². The van der Waals surface area contributed by atoms with Crippen molar-refractivity contribution in [1.82, 2.24) is 4.90 Å². The fourth-order valence-electron chi connectivity index (χ4n) is 0. The van der Waals surface area contributed by atoms with Gasteiger partial charge >= 0.3 is 21.1 Å². The molecule has 0 heterocycles. The molecule has 0 saturated heterocycles. The van der Waals surface area contributed by atoms with Gasteiger partial charge < -0.3 is 17.1 Å². The molecule has 0 saturated carbocycles. The Morgan fingerprint density at radius 2 is 1.57 bits per heavy atom. The summed E-state index contributed by atoms with van der Waals surface area (Å²) in [4.78, 5) is 10.6. The molecule has 2 nitrogen and oxygen atoms in total. The predicted octanol–water partition coefficient (Wildman–Crippen LogP) is 0.0630. The fourth-order valence-corrected chi connectivity index (χ4v) is 0. The maximum atomic E-state index is 9.31. The van der Waals surface area contributed by atoms with Crippen LogP contribution >= 0.6 is 0 Å². The van der Waals surface area contributed by atoms with Crippen LogP contribution in [0.5, 0.6) is 0 Å². The number of amides is 1. The van der Waals surface area contributed by atoms with E-state index in [0.717, 1.165) is 0 Å². The first-order valence-corrected chi connectivity index (χ1v) is 1.32. The van der Waals surface area contributed by atoms with E-state index in [0.29, 0.717) is 0 Å². The molecule has 1 amide bonds. The summed E-state index contributed by atoms with van der Waals surface area (Å²) in [6, 6.07) is 0. The van der Waals surface area contributed by atoms with E-state index in [4.69, 9.17) is 0 Å². The van der Waals surface area contributed by atoms with Crippen molar-refractivity contribution in [1.29, 1.82) is 0 Å². The maximum Gasteiger partial charge on any atom is 2.00 e. The van der Waals surface area contributed by atoms with Gasteiger partial charge in [0.25, 0.3) is 0 Å². The minimum Gasteiger partial charge on any atom is -0.522 e. The summed E-state index contributed by atoms with van der Waals surface area (Å²) in [7, 11) is 3.26. The zero-order chi connectivity index (χ0) is 4.28. The van der Waals surface area contributed by atoms with Gasteiger partial charge in [-0.15, -0.1) is 0 Å². The average Bonchev–Trinajstić information content (AvgIpc) is 1.38. The first-order valence-electron chi connectivity index (χ1n) is 1.32. The number of nitrogens with zero attached hydrogens (tertiary/aromatic N) is 1. The molecule has 0 aliphatic heterocycles. The van der Waals surface area contributed by atoms with Gasteiger partial charge in [0.2, 0.25) is 0 Å². The first-order chi connectivity index (χ1) is 2.27. The summed E-state index contributed by atoms with van der Waals surface area (Å²) < 4.78 is 0. The van der Waals surface area contributed by atoms with Gasteiger partial charge in [-0.05, 0) is 14.1 Å². The monoisotopic (exact) mass is 271 g/mol. The van der Waals surface area contributed by atoms with Crippen molar-refractivity contribution in [3.05, 3.63) is 7.43 Å². The molecular formula is C4H9NOW. The summed E-state index contributed by atoms with van der Waals surface area (Å²) in [6.45, 7) is 0. The molecule has 0 fully saturated rings. The third kappa shape index (κ3) is 22.9. The van der Waals surface area contributed by atoms with Crippen LogP contribution in [0.4, 0.5) is 0 Å². The van der Waals surface area contributed by atoms with Crippen LogP contribution in [0.2, 0.25) is 0 Å². The van der Waals surface area contributed by atoms with Gasteiger partial charge in [0.05, 0.1) is 0 Å². The Hall–Kier alpha value is 0.158. The van der Waals surface area contributed by atoms with E-state index in [9.17, 15) is 4.79 Å². The molecule has 0 unspecified atom stereocenters. The smallest absolute Gasteiger partial charge is 0.522 e. The average molecular weight is 271 g/mol. The third-order valence-corrected chi connectivity index (χ3v) is 0.183. The second kappa shape index (κ2) is 9.48. The standard InChI is InChI=1S/C3H6NO.CH3.W/c1-4(2)3-5;;/h1-2H3;1H3;/q2*-1;+2. The van der Waals surface area contributed by atoms with Crippen molar-refractivity contribution in [3.63, 3.8) is 0 Å². The van der Waals surface area contributed by atoms with Gasteiger partial charge in [0.15, 0.2) is 0 Å². The molecule has 42 valence electrons. The number of hydrogen-bond donors (Lipinski definition) is 0. The van der Waals surface area contributed by atoms with Crippen LogP contribution in [-0.4, -0.2) is 25.4 Å². The van der Waals surface area contributed by atoms with Crippen LogP contribution in [0, 0.1) is 7.43 Å². The molecule has 0 radical (unpaired) electrons. The molecule has 3 heteroatoms. The van der Waals surface area contributed by atoms with E-state index >= 15 is 0 Å². The summed E-state index contributed by atoms with van der Waals surface area (Å²) >= 11 is 0. The molecule has 0 bridgehead atoms. The quantitative estimate of drug-likeness (QED) is 0.488. The maximum absolute atomic E-state index is 9.31. The van der Waals surface area contributed by atoms with E-state index in [1.165, 1.54) is 4.90 Å². The van der Waals surface area contributed by atoms with Crippen LogP contribution in [0.15, 0.2) is 0 Å². The van der Waals surface area contributed by atoms with E-state index in [1.54, 1.807) is 20.5 Å². The summed E-state index contributed by atoms with van der Waals surface area (Å²) in [6.07, 6.45) is 1.61. The molecule has 0 N–H and O–H groups in total. The number of rotatable bonds is 1. The largest absolute Gasteiger partial charge is 2.00 e. The minimum atomic E-state index is 0. The Morgan fingerprint density at radius 1 is 1.43 bits per heavy atom. The molecule has 0 spiro atoms. The Kier molecular flexibility index (Phi) is 21.3. The van der Waals surface area contributed by atoms with Crippen molar-refractivity contribution in [2.75, 3.05) is 14.1 Å². The van der Waals surface area contributed by atoms with E-state index in [-0.39, 0.29) is 28.5 Å². The second-order valence-electron chi connectivity index (χ2n) is 0.986. The molecule has 0 atom stereocenters. The molecule has 0 aliphatic carbocycles. The van der Waals surface area contributed by atoms with Gasteiger partial charge in [-0.25, -0.2) is 0 Å². The fraction of sp³-hybridized carbons (Fsp3) is 0.500. The zero-order valence-corrected chi connectivity index (χ0v) is 7.70. The summed E-state index contributed by atoms with van der Waals surface area (Å²) in [5.41, 5.74) is 0. The molecule has 0 rings (SSSR count). The Morgan fingerprint density at radius 3 is 1.57 bits per heavy atom. The minimum absolute atomic E-state index is 0. The molecule has 0 aromatic carbocycles. The molecule has 0 aromatic heterocycles. The van der Waals surface area contributed by atoms with E-state index in [2.05, 4.69) is 0 Å². The Balaban J connectivity index is -0.0000000800. The van der Waals surface area contributed by atoms with Crippen molar-refractivity contribution in [2.24, 2.45) is 0 Å². The molecule has 7 heavy (non-hydrogen) atoms. The van der Waals surface area contributed by atoms with Crippen LogP contribution in [0.3, 0.4) is 0 Å². The summed E-state index contributed by atoms with van der Waals surface area (Å²) in [5.74, 6) is 0.